The van der Waals surface area contributed by atoms with Crippen molar-refractivity contribution in [2.75, 3.05) is 0 Å². The van der Waals surface area contributed by atoms with Gasteiger partial charge < -0.3 is 5.11 Å². The average molecular weight is 398 g/mol. The maximum absolute atomic E-state index is 10.0. The molecular formula is C19H27IO. The van der Waals surface area contributed by atoms with Gasteiger partial charge in [0.25, 0.3) is 0 Å². The first-order chi connectivity index (χ1) is 9.95. The summed E-state index contributed by atoms with van der Waals surface area (Å²) in [6, 6.07) is 0. The molecule has 2 fully saturated rings. The molecule has 0 bridgehead atoms. The topological polar surface area (TPSA) is 20.2 Å². The lowest BCUT2D eigenvalue weighted by Gasteiger charge is -2.57. The molecule has 0 spiro atoms. The zero-order valence-electron chi connectivity index (χ0n) is 13.2. The Morgan fingerprint density at radius 3 is 2.62 bits per heavy atom. The van der Waals surface area contributed by atoms with Gasteiger partial charge in [-0.1, -0.05) is 31.6 Å². The van der Waals surface area contributed by atoms with Crippen molar-refractivity contribution in [2.24, 2.45) is 28.6 Å². The second-order valence-corrected chi connectivity index (χ2v) is 9.56. The molecule has 6 atom stereocenters. The highest BCUT2D eigenvalue weighted by Crippen LogP contribution is 2.65. The molecule has 0 aromatic carbocycles. The van der Waals surface area contributed by atoms with E-state index >= 15 is 0 Å². The van der Waals surface area contributed by atoms with Crippen LogP contribution in [0.5, 0.6) is 0 Å². The molecule has 0 heterocycles. The van der Waals surface area contributed by atoms with Crippen molar-refractivity contribution in [1.82, 2.24) is 0 Å². The molecule has 0 aromatic rings. The van der Waals surface area contributed by atoms with Crippen LogP contribution in [0.25, 0.3) is 0 Å². The fourth-order valence-electron chi connectivity index (χ4n) is 6.16. The van der Waals surface area contributed by atoms with Gasteiger partial charge in [-0.3, -0.25) is 0 Å². The van der Waals surface area contributed by atoms with E-state index in [2.05, 4.69) is 48.6 Å². The van der Waals surface area contributed by atoms with Crippen LogP contribution < -0.4 is 0 Å². The van der Waals surface area contributed by atoms with Crippen molar-refractivity contribution in [3.05, 3.63) is 21.3 Å². The van der Waals surface area contributed by atoms with Crippen molar-refractivity contribution in [3.8, 4) is 0 Å². The molecule has 2 heteroatoms. The minimum atomic E-state index is -0.0798. The average Bonchev–Trinajstić information content (AvgIpc) is 2.76. The summed E-state index contributed by atoms with van der Waals surface area (Å²) in [4.78, 5) is 0. The van der Waals surface area contributed by atoms with Crippen molar-refractivity contribution >= 4 is 22.6 Å². The maximum atomic E-state index is 10.0. The van der Waals surface area contributed by atoms with Crippen LogP contribution in [0.4, 0.5) is 0 Å². The van der Waals surface area contributed by atoms with E-state index in [1.165, 1.54) is 32.1 Å². The number of allylic oxidation sites excluding steroid dienone is 3. The second kappa shape index (κ2) is 4.83. The van der Waals surface area contributed by atoms with Crippen LogP contribution in [0.15, 0.2) is 21.3 Å². The predicted octanol–water partition coefficient (Wildman–Crippen LogP) is 5.24. The summed E-state index contributed by atoms with van der Waals surface area (Å²) in [5, 5.41) is 10.0. The molecule has 0 radical (unpaired) electrons. The van der Waals surface area contributed by atoms with Crippen molar-refractivity contribution in [2.45, 2.75) is 64.9 Å². The van der Waals surface area contributed by atoms with Crippen LogP contribution in [-0.2, 0) is 0 Å². The third-order valence-electron chi connectivity index (χ3n) is 7.56. The Hall–Kier alpha value is 0.170. The molecule has 116 valence electrons. The second-order valence-electron chi connectivity index (χ2n) is 8.40. The molecule has 2 saturated carbocycles. The Bertz CT molecular complexity index is 522. The van der Waals surface area contributed by atoms with Crippen LogP contribution in [0, 0.1) is 28.6 Å². The molecule has 0 amide bonds. The van der Waals surface area contributed by atoms with Gasteiger partial charge >= 0.3 is 0 Å². The first-order valence-electron chi connectivity index (χ1n) is 8.69. The van der Waals surface area contributed by atoms with E-state index in [4.69, 9.17) is 0 Å². The Morgan fingerprint density at radius 1 is 1.05 bits per heavy atom. The molecule has 0 aliphatic heterocycles. The summed E-state index contributed by atoms with van der Waals surface area (Å²) in [5.41, 5.74) is 2.45. The van der Waals surface area contributed by atoms with Crippen molar-refractivity contribution in [3.63, 3.8) is 0 Å². The molecule has 1 N–H and O–H groups in total. The number of aliphatic hydroxyl groups is 1. The minimum absolute atomic E-state index is 0.0798. The van der Waals surface area contributed by atoms with Crippen LogP contribution in [-0.4, -0.2) is 11.2 Å². The quantitative estimate of drug-likeness (QED) is 0.437. The van der Waals surface area contributed by atoms with Crippen molar-refractivity contribution in [1.29, 1.82) is 0 Å². The van der Waals surface area contributed by atoms with Crippen LogP contribution in [0.2, 0.25) is 0 Å². The van der Waals surface area contributed by atoms with Crippen LogP contribution in [0.3, 0.4) is 0 Å². The molecular weight excluding hydrogens is 371 g/mol. The fraction of sp³-hybridized carbons (Fsp3) is 0.789. The lowest BCUT2D eigenvalue weighted by Crippen LogP contribution is -2.49. The Morgan fingerprint density at radius 2 is 1.81 bits per heavy atom. The number of hydrogen-bond acceptors (Lipinski definition) is 1. The SMILES string of the molecule is C[C@]12CC[C@H](O)CC1=CCC1[C@@H]2CC[C@]2(C)C(I)=CC[C@@H]12. The Labute approximate surface area is 142 Å². The van der Waals surface area contributed by atoms with Gasteiger partial charge in [0, 0.05) is 5.41 Å². The summed E-state index contributed by atoms with van der Waals surface area (Å²) in [5.74, 6) is 2.60. The van der Waals surface area contributed by atoms with Gasteiger partial charge in [-0.15, -0.1) is 0 Å². The smallest absolute Gasteiger partial charge is 0.0577 e. The molecule has 1 unspecified atom stereocenters. The zero-order valence-corrected chi connectivity index (χ0v) is 15.4. The first kappa shape index (κ1) is 14.7. The molecule has 4 aliphatic rings. The minimum Gasteiger partial charge on any atom is -0.393 e. The molecule has 0 saturated heterocycles. The van der Waals surface area contributed by atoms with E-state index in [0.717, 1.165) is 30.6 Å². The lowest BCUT2D eigenvalue weighted by atomic mass is 9.48. The van der Waals surface area contributed by atoms with E-state index < -0.39 is 0 Å². The number of halogens is 1. The van der Waals surface area contributed by atoms with Gasteiger partial charge in [-0.05, 0) is 94.3 Å². The number of aliphatic hydroxyl groups excluding tert-OH is 1. The van der Waals surface area contributed by atoms with Gasteiger partial charge in [0.2, 0.25) is 0 Å². The standard InChI is InChI=1S/C19H27IO/c1-18-9-7-13(21)11-12(18)3-4-14-15-5-6-17(20)19(15,2)10-8-16(14)18/h3,6,13-16,21H,4-5,7-11H2,1-2H3/t13-,14?,15-,16-,18-,19-/m0/s1. The van der Waals surface area contributed by atoms with Crippen LogP contribution in [0.1, 0.15) is 58.8 Å². The lowest BCUT2D eigenvalue weighted by molar-refractivity contribution is -0.0268. The highest BCUT2D eigenvalue weighted by Gasteiger charge is 2.56. The van der Waals surface area contributed by atoms with E-state index in [-0.39, 0.29) is 6.10 Å². The number of rotatable bonds is 0. The molecule has 21 heavy (non-hydrogen) atoms. The first-order valence-corrected chi connectivity index (χ1v) is 9.77. The van der Waals surface area contributed by atoms with Crippen LogP contribution >= 0.6 is 22.6 Å². The molecule has 1 nitrogen and oxygen atoms in total. The van der Waals surface area contributed by atoms with Gasteiger partial charge in [-0.2, -0.15) is 0 Å². The summed E-state index contributed by atoms with van der Waals surface area (Å²) in [6.07, 6.45) is 13.4. The summed E-state index contributed by atoms with van der Waals surface area (Å²) < 4.78 is 1.63. The van der Waals surface area contributed by atoms with E-state index in [0.29, 0.717) is 10.8 Å². The largest absolute Gasteiger partial charge is 0.393 e. The Kier molecular flexibility index (Phi) is 3.39. The third kappa shape index (κ3) is 1.97. The zero-order chi connectivity index (χ0) is 14.8. The highest BCUT2D eigenvalue weighted by molar-refractivity contribution is 14.1. The monoisotopic (exact) mass is 398 g/mol. The Balaban J connectivity index is 1.68. The highest BCUT2D eigenvalue weighted by atomic mass is 127. The van der Waals surface area contributed by atoms with Gasteiger partial charge in [0.15, 0.2) is 0 Å². The molecule has 4 rings (SSSR count). The molecule has 0 aromatic heterocycles. The van der Waals surface area contributed by atoms with E-state index in [1.807, 2.05) is 0 Å². The normalized spacial score (nSPS) is 52.4. The summed E-state index contributed by atoms with van der Waals surface area (Å²) in [7, 11) is 0. The predicted molar refractivity (Wildman–Crippen MR) is 95.2 cm³/mol. The number of fused-ring (bicyclic) bond motifs is 5. The number of hydrogen-bond donors (Lipinski definition) is 1. The van der Waals surface area contributed by atoms with Gasteiger partial charge in [0.1, 0.15) is 0 Å². The van der Waals surface area contributed by atoms with E-state index in [1.54, 1.807) is 9.15 Å². The fourth-order valence-corrected chi connectivity index (χ4v) is 7.08. The maximum Gasteiger partial charge on any atom is 0.0577 e. The van der Waals surface area contributed by atoms with Gasteiger partial charge in [0.05, 0.1) is 6.10 Å². The summed E-state index contributed by atoms with van der Waals surface area (Å²) >= 11 is 2.60. The van der Waals surface area contributed by atoms with Crippen molar-refractivity contribution < 1.29 is 5.11 Å². The summed E-state index contributed by atoms with van der Waals surface area (Å²) in [6.45, 7) is 5.03. The third-order valence-corrected chi connectivity index (χ3v) is 9.24. The molecule has 4 aliphatic carbocycles. The van der Waals surface area contributed by atoms with E-state index in [9.17, 15) is 5.11 Å². The van der Waals surface area contributed by atoms with Gasteiger partial charge in [-0.25, -0.2) is 0 Å².